The number of para-hydroxylation sites is 1. The molecule has 0 saturated heterocycles. The third kappa shape index (κ3) is 3.98. The van der Waals surface area contributed by atoms with E-state index < -0.39 is 0 Å². The molecule has 0 aliphatic carbocycles. The van der Waals surface area contributed by atoms with Crippen LogP contribution in [0.15, 0.2) is 36.4 Å². The van der Waals surface area contributed by atoms with Gasteiger partial charge in [0, 0.05) is 11.3 Å². The van der Waals surface area contributed by atoms with Crippen molar-refractivity contribution < 1.29 is 9.47 Å². The lowest BCUT2D eigenvalue weighted by Gasteiger charge is -2.15. The average Bonchev–Trinajstić information content (AvgIpc) is 2.50. The quantitative estimate of drug-likeness (QED) is 0.840. The maximum Gasteiger partial charge on any atom is 0.260 e. The maximum atomic E-state index is 5.99. The Morgan fingerprint density at radius 2 is 1.73 bits per heavy atom. The minimum Gasteiger partial charge on any atom is -0.489 e. The highest BCUT2D eigenvalue weighted by Gasteiger charge is 2.07. The van der Waals surface area contributed by atoms with Crippen molar-refractivity contribution in [1.82, 2.24) is 0 Å². The van der Waals surface area contributed by atoms with E-state index in [4.69, 9.17) is 21.7 Å². The molecule has 0 aliphatic rings. The van der Waals surface area contributed by atoms with Crippen LogP contribution in [-0.4, -0.2) is 12.3 Å². The first-order valence-corrected chi connectivity index (χ1v) is 7.55. The molecule has 0 aromatic heterocycles. The van der Waals surface area contributed by atoms with Gasteiger partial charge in [-0.1, -0.05) is 24.3 Å². The predicted octanol–water partition coefficient (Wildman–Crippen LogP) is 4.53. The van der Waals surface area contributed by atoms with Crippen LogP contribution in [0.25, 0.3) is 0 Å². The second-order valence-corrected chi connectivity index (χ2v) is 5.64. The zero-order valence-corrected chi connectivity index (χ0v) is 14.2. The molecular formula is C18H21NO2S. The van der Waals surface area contributed by atoms with Crippen LogP contribution in [0, 0.1) is 20.8 Å². The summed E-state index contributed by atoms with van der Waals surface area (Å²) in [6, 6.07) is 12.1. The Bertz CT molecular complexity index is 683. The van der Waals surface area contributed by atoms with Gasteiger partial charge in [-0.05, 0) is 61.8 Å². The van der Waals surface area contributed by atoms with Crippen molar-refractivity contribution in [3.8, 4) is 5.75 Å². The smallest absolute Gasteiger partial charge is 0.260 e. The van der Waals surface area contributed by atoms with E-state index in [1.54, 1.807) is 7.11 Å². The molecule has 0 radical (unpaired) electrons. The summed E-state index contributed by atoms with van der Waals surface area (Å²) in [5, 5.41) is 3.40. The van der Waals surface area contributed by atoms with E-state index in [0.29, 0.717) is 11.8 Å². The molecule has 0 spiro atoms. The van der Waals surface area contributed by atoms with Gasteiger partial charge in [0.2, 0.25) is 0 Å². The van der Waals surface area contributed by atoms with E-state index >= 15 is 0 Å². The number of benzene rings is 2. The summed E-state index contributed by atoms with van der Waals surface area (Å²) < 4.78 is 11.0. The first-order chi connectivity index (χ1) is 10.5. The first kappa shape index (κ1) is 16.3. The highest BCUT2D eigenvalue weighted by molar-refractivity contribution is 7.80. The summed E-state index contributed by atoms with van der Waals surface area (Å²) >= 11 is 5.05. The zero-order valence-electron chi connectivity index (χ0n) is 13.4. The van der Waals surface area contributed by atoms with Crippen molar-refractivity contribution in [2.24, 2.45) is 0 Å². The molecular weight excluding hydrogens is 294 g/mol. The third-order valence-corrected chi connectivity index (χ3v) is 3.88. The summed E-state index contributed by atoms with van der Waals surface area (Å²) in [6.45, 7) is 6.73. The fourth-order valence-corrected chi connectivity index (χ4v) is 2.28. The highest BCUT2D eigenvalue weighted by Crippen LogP contribution is 2.24. The van der Waals surface area contributed by atoms with Gasteiger partial charge >= 0.3 is 0 Å². The summed E-state index contributed by atoms with van der Waals surface area (Å²) in [7, 11) is 1.55. The molecule has 4 heteroatoms. The molecule has 0 bridgehead atoms. The second-order valence-electron chi connectivity index (χ2n) is 5.26. The first-order valence-electron chi connectivity index (χ1n) is 7.14. The Morgan fingerprint density at radius 1 is 1.05 bits per heavy atom. The number of rotatable bonds is 4. The van der Waals surface area contributed by atoms with Crippen molar-refractivity contribution in [1.29, 1.82) is 0 Å². The number of ether oxygens (including phenoxy) is 2. The van der Waals surface area contributed by atoms with Crippen molar-refractivity contribution >= 4 is 23.1 Å². The molecule has 22 heavy (non-hydrogen) atoms. The fourth-order valence-electron chi connectivity index (χ4n) is 2.17. The van der Waals surface area contributed by atoms with Crippen molar-refractivity contribution in [2.45, 2.75) is 27.4 Å². The molecule has 116 valence electrons. The van der Waals surface area contributed by atoms with Crippen molar-refractivity contribution in [3.63, 3.8) is 0 Å². The van der Waals surface area contributed by atoms with Crippen LogP contribution in [0.4, 0.5) is 5.69 Å². The summed E-state index contributed by atoms with van der Waals surface area (Å²) in [6.07, 6.45) is 0. The number of anilines is 1. The Hall–Kier alpha value is -2.07. The van der Waals surface area contributed by atoms with Gasteiger partial charge < -0.3 is 14.8 Å². The Labute approximate surface area is 137 Å². The maximum absolute atomic E-state index is 5.99. The lowest BCUT2D eigenvalue weighted by atomic mass is 10.1. The molecule has 0 aliphatic heterocycles. The third-order valence-electron chi connectivity index (χ3n) is 3.61. The standard InChI is InChI=1S/C18H21NO2S/c1-12-9-14(3)17(10-13(12)2)21-11-15-7-5-6-8-16(15)19-18(22)20-4/h5-10H,11H2,1-4H3,(H,19,22). The Morgan fingerprint density at radius 3 is 2.45 bits per heavy atom. The number of aryl methyl sites for hydroxylation is 3. The van der Waals surface area contributed by atoms with Gasteiger partial charge in [-0.3, -0.25) is 0 Å². The lowest BCUT2D eigenvalue weighted by Crippen LogP contribution is -2.13. The topological polar surface area (TPSA) is 30.5 Å². The molecule has 2 aromatic rings. The number of nitrogens with one attached hydrogen (secondary N) is 1. The van der Waals surface area contributed by atoms with E-state index in [1.807, 2.05) is 24.3 Å². The molecule has 3 nitrogen and oxygen atoms in total. The van der Waals surface area contributed by atoms with Crippen LogP contribution >= 0.6 is 12.2 Å². The van der Waals surface area contributed by atoms with Gasteiger partial charge in [-0.15, -0.1) is 0 Å². The van der Waals surface area contributed by atoms with Crippen molar-refractivity contribution in [2.75, 3.05) is 12.4 Å². The predicted molar refractivity (Wildman–Crippen MR) is 94.7 cm³/mol. The van der Waals surface area contributed by atoms with Crippen LogP contribution in [0.5, 0.6) is 5.75 Å². The van der Waals surface area contributed by atoms with Gasteiger partial charge in [-0.2, -0.15) is 0 Å². The number of hydrogen-bond donors (Lipinski definition) is 1. The van der Waals surface area contributed by atoms with E-state index in [9.17, 15) is 0 Å². The fraction of sp³-hybridized carbons (Fsp3) is 0.278. The van der Waals surface area contributed by atoms with E-state index in [1.165, 1.54) is 11.1 Å². The van der Waals surface area contributed by atoms with Crippen LogP contribution in [0.1, 0.15) is 22.3 Å². The monoisotopic (exact) mass is 315 g/mol. The van der Waals surface area contributed by atoms with Crippen LogP contribution < -0.4 is 10.1 Å². The zero-order chi connectivity index (χ0) is 16.1. The summed E-state index contributed by atoms with van der Waals surface area (Å²) in [4.78, 5) is 0. The normalized spacial score (nSPS) is 10.2. The van der Waals surface area contributed by atoms with Gasteiger partial charge in [-0.25, -0.2) is 0 Å². The molecule has 0 unspecified atom stereocenters. The van der Waals surface area contributed by atoms with E-state index in [-0.39, 0.29) is 0 Å². The highest BCUT2D eigenvalue weighted by atomic mass is 32.1. The molecule has 2 rings (SSSR count). The minimum absolute atomic E-state index is 0.342. The molecule has 0 heterocycles. The largest absolute Gasteiger partial charge is 0.489 e. The van der Waals surface area contributed by atoms with E-state index in [0.717, 1.165) is 22.6 Å². The molecule has 0 fully saturated rings. The summed E-state index contributed by atoms with van der Waals surface area (Å²) in [5.41, 5.74) is 5.57. The SMILES string of the molecule is COC(=S)Nc1ccccc1COc1cc(C)c(C)cc1C. The Balaban J connectivity index is 2.15. The van der Waals surface area contributed by atoms with Crippen LogP contribution in [-0.2, 0) is 11.3 Å². The second kappa shape index (κ2) is 7.27. The lowest BCUT2D eigenvalue weighted by molar-refractivity contribution is 0.304. The minimum atomic E-state index is 0.342. The van der Waals surface area contributed by atoms with Crippen LogP contribution in [0.2, 0.25) is 0 Å². The molecule has 0 saturated carbocycles. The molecule has 1 N–H and O–H groups in total. The molecule has 0 amide bonds. The summed E-state index contributed by atoms with van der Waals surface area (Å²) in [5.74, 6) is 0.909. The van der Waals surface area contributed by atoms with E-state index in [2.05, 4.69) is 38.2 Å². The number of methoxy groups -OCH3 is 1. The van der Waals surface area contributed by atoms with Gasteiger partial charge in [0.05, 0.1) is 7.11 Å². The van der Waals surface area contributed by atoms with Gasteiger partial charge in [0.15, 0.2) is 0 Å². The average molecular weight is 315 g/mol. The number of thiocarbonyl (C=S) groups is 1. The number of hydrogen-bond acceptors (Lipinski definition) is 3. The molecule has 0 atom stereocenters. The van der Waals surface area contributed by atoms with Gasteiger partial charge in [0.25, 0.3) is 5.17 Å². The van der Waals surface area contributed by atoms with Crippen molar-refractivity contribution in [3.05, 3.63) is 58.7 Å². The van der Waals surface area contributed by atoms with Crippen LogP contribution in [0.3, 0.4) is 0 Å². The molecule has 2 aromatic carbocycles. The van der Waals surface area contributed by atoms with Gasteiger partial charge in [0.1, 0.15) is 12.4 Å². The Kier molecular flexibility index (Phi) is 5.39.